The minimum absolute atomic E-state index is 0.254. The zero-order valence-electron chi connectivity index (χ0n) is 11.2. The number of rotatable bonds is 3. The standard InChI is InChI=1S/C16H9ClN2O3/c17-13-8-4-3-7-12(13)14(20)9-18-19-15(21)10-5-1-2-6-11(10)16(19)22/h1-9H/b18-9+. The number of amides is 2. The molecule has 0 aromatic heterocycles. The fraction of sp³-hybridized carbons (Fsp3) is 0. The third kappa shape index (κ3) is 2.31. The maximum atomic E-state index is 12.1. The summed E-state index contributed by atoms with van der Waals surface area (Å²) in [5, 5.41) is 4.68. The van der Waals surface area contributed by atoms with Crippen LogP contribution in [0.25, 0.3) is 0 Å². The molecule has 6 heteroatoms. The van der Waals surface area contributed by atoms with Crippen molar-refractivity contribution in [2.24, 2.45) is 5.10 Å². The number of fused-ring (bicyclic) bond motifs is 1. The van der Waals surface area contributed by atoms with Crippen LogP contribution in [0.4, 0.5) is 0 Å². The van der Waals surface area contributed by atoms with Gasteiger partial charge in [0, 0.05) is 5.56 Å². The van der Waals surface area contributed by atoms with E-state index in [1.807, 2.05) is 0 Å². The Kier molecular flexibility index (Phi) is 3.56. The highest BCUT2D eigenvalue weighted by Gasteiger charge is 2.35. The van der Waals surface area contributed by atoms with Gasteiger partial charge in [-0.05, 0) is 24.3 Å². The molecule has 2 aromatic rings. The van der Waals surface area contributed by atoms with Crippen molar-refractivity contribution in [1.29, 1.82) is 0 Å². The molecule has 0 saturated carbocycles. The lowest BCUT2D eigenvalue weighted by Crippen LogP contribution is -2.24. The molecular formula is C16H9ClN2O3. The Morgan fingerprint density at radius 3 is 2.09 bits per heavy atom. The fourth-order valence-corrected chi connectivity index (χ4v) is 2.35. The molecule has 22 heavy (non-hydrogen) atoms. The Labute approximate surface area is 130 Å². The Balaban J connectivity index is 1.86. The lowest BCUT2D eigenvalue weighted by molar-refractivity contribution is 0.0660. The second kappa shape index (κ2) is 5.54. The van der Waals surface area contributed by atoms with Crippen LogP contribution >= 0.6 is 11.6 Å². The first-order valence-corrected chi connectivity index (χ1v) is 6.78. The number of halogens is 1. The summed E-state index contributed by atoms with van der Waals surface area (Å²) >= 11 is 5.91. The number of nitrogens with zero attached hydrogens (tertiary/aromatic N) is 2. The Bertz CT molecular complexity index is 795. The molecule has 1 aliphatic rings. The molecule has 108 valence electrons. The number of hydrogen-bond acceptors (Lipinski definition) is 4. The number of ketones is 1. The van der Waals surface area contributed by atoms with Crippen molar-refractivity contribution in [3.05, 3.63) is 70.2 Å². The van der Waals surface area contributed by atoms with Crippen LogP contribution in [-0.4, -0.2) is 28.8 Å². The summed E-state index contributed by atoms with van der Waals surface area (Å²) in [5.41, 5.74) is 0.800. The van der Waals surface area contributed by atoms with E-state index in [0.29, 0.717) is 5.01 Å². The number of hydrogen-bond donors (Lipinski definition) is 0. The van der Waals surface area contributed by atoms with Gasteiger partial charge in [-0.2, -0.15) is 10.1 Å². The summed E-state index contributed by atoms with van der Waals surface area (Å²) < 4.78 is 0. The minimum Gasteiger partial charge on any atom is -0.287 e. The first-order chi connectivity index (χ1) is 10.6. The van der Waals surface area contributed by atoms with Crippen LogP contribution in [0.1, 0.15) is 31.1 Å². The number of benzene rings is 2. The molecule has 0 unspecified atom stereocenters. The molecule has 0 saturated heterocycles. The zero-order chi connectivity index (χ0) is 15.7. The molecule has 1 aliphatic heterocycles. The van der Waals surface area contributed by atoms with Crippen molar-refractivity contribution in [3.63, 3.8) is 0 Å². The predicted octanol–water partition coefficient (Wildman–Crippen LogP) is 2.80. The van der Waals surface area contributed by atoms with Crippen molar-refractivity contribution in [1.82, 2.24) is 5.01 Å². The number of hydrazone groups is 1. The van der Waals surface area contributed by atoms with Crippen molar-refractivity contribution in [2.75, 3.05) is 0 Å². The number of Topliss-reactive ketones (excluding diaryl/α,β-unsaturated/α-hetero) is 1. The smallest absolute Gasteiger partial charge is 0.282 e. The van der Waals surface area contributed by atoms with Crippen LogP contribution in [-0.2, 0) is 0 Å². The Morgan fingerprint density at radius 2 is 1.50 bits per heavy atom. The van der Waals surface area contributed by atoms with Gasteiger partial charge < -0.3 is 0 Å². The van der Waals surface area contributed by atoms with E-state index >= 15 is 0 Å². The summed E-state index contributed by atoms with van der Waals surface area (Å²) in [5.74, 6) is -1.59. The number of carbonyl (C=O) groups excluding carboxylic acids is 3. The molecule has 2 amide bonds. The summed E-state index contributed by atoms with van der Waals surface area (Å²) in [4.78, 5) is 36.2. The van der Waals surface area contributed by atoms with Crippen LogP contribution in [0, 0.1) is 0 Å². The van der Waals surface area contributed by atoms with Crippen LogP contribution in [0.3, 0.4) is 0 Å². The molecule has 0 radical (unpaired) electrons. The van der Waals surface area contributed by atoms with E-state index in [1.54, 1.807) is 48.5 Å². The molecule has 0 bridgehead atoms. The van der Waals surface area contributed by atoms with Crippen LogP contribution in [0.15, 0.2) is 53.6 Å². The van der Waals surface area contributed by atoms with E-state index in [2.05, 4.69) is 5.10 Å². The molecule has 5 nitrogen and oxygen atoms in total. The topological polar surface area (TPSA) is 66.8 Å². The highest BCUT2D eigenvalue weighted by Crippen LogP contribution is 2.22. The van der Waals surface area contributed by atoms with E-state index in [1.165, 1.54) is 0 Å². The Hall–Kier alpha value is -2.79. The van der Waals surface area contributed by atoms with Crippen LogP contribution < -0.4 is 0 Å². The predicted molar refractivity (Wildman–Crippen MR) is 81.2 cm³/mol. The monoisotopic (exact) mass is 312 g/mol. The number of imide groups is 1. The Morgan fingerprint density at radius 1 is 0.955 bits per heavy atom. The van der Waals surface area contributed by atoms with Gasteiger partial charge in [0.2, 0.25) is 5.78 Å². The van der Waals surface area contributed by atoms with Gasteiger partial charge in [-0.15, -0.1) is 0 Å². The van der Waals surface area contributed by atoms with E-state index < -0.39 is 17.6 Å². The fourth-order valence-electron chi connectivity index (χ4n) is 2.12. The van der Waals surface area contributed by atoms with Crippen molar-refractivity contribution in [3.8, 4) is 0 Å². The lowest BCUT2D eigenvalue weighted by atomic mass is 10.1. The lowest BCUT2D eigenvalue weighted by Gasteiger charge is -2.05. The van der Waals surface area contributed by atoms with Gasteiger partial charge in [0.15, 0.2) is 0 Å². The van der Waals surface area contributed by atoms with E-state index in [4.69, 9.17) is 11.6 Å². The second-order valence-electron chi connectivity index (χ2n) is 4.56. The van der Waals surface area contributed by atoms with Crippen molar-refractivity contribution in [2.45, 2.75) is 0 Å². The highest BCUT2D eigenvalue weighted by molar-refractivity contribution is 6.42. The minimum atomic E-state index is -0.552. The molecular weight excluding hydrogens is 304 g/mol. The van der Waals surface area contributed by atoms with Crippen LogP contribution in [0.2, 0.25) is 5.02 Å². The number of carbonyl (C=O) groups is 3. The summed E-state index contributed by atoms with van der Waals surface area (Å²) in [6.45, 7) is 0. The first-order valence-electron chi connectivity index (χ1n) is 6.40. The molecule has 0 spiro atoms. The average Bonchev–Trinajstić information content (AvgIpc) is 2.77. The third-order valence-corrected chi connectivity index (χ3v) is 3.53. The van der Waals surface area contributed by atoms with Crippen molar-refractivity contribution < 1.29 is 14.4 Å². The summed E-state index contributed by atoms with van der Waals surface area (Å²) in [7, 11) is 0. The normalized spacial score (nSPS) is 13.8. The largest absolute Gasteiger partial charge is 0.287 e. The highest BCUT2D eigenvalue weighted by atomic mass is 35.5. The molecule has 2 aromatic carbocycles. The van der Waals surface area contributed by atoms with Gasteiger partial charge in [0.25, 0.3) is 11.8 Å². The maximum Gasteiger partial charge on any atom is 0.282 e. The van der Waals surface area contributed by atoms with Gasteiger partial charge in [-0.1, -0.05) is 35.9 Å². The summed E-state index contributed by atoms with van der Waals surface area (Å²) in [6, 6.07) is 12.9. The first kappa shape index (κ1) is 14.2. The van der Waals surface area contributed by atoms with Gasteiger partial charge in [0.1, 0.15) is 0 Å². The van der Waals surface area contributed by atoms with Crippen LogP contribution in [0.5, 0.6) is 0 Å². The van der Waals surface area contributed by atoms with E-state index in [9.17, 15) is 14.4 Å². The average molecular weight is 313 g/mol. The SMILES string of the molecule is O=C(/C=N/N1C(=O)c2ccccc2C1=O)c1ccccc1Cl. The van der Waals surface area contributed by atoms with E-state index in [-0.39, 0.29) is 21.7 Å². The summed E-state index contributed by atoms with van der Waals surface area (Å²) in [6.07, 6.45) is 0.920. The van der Waals surface area contributed by atoms with E-state index in [0.717, 1.165) is 6.21 Å². The van der Waals surface area contributed by atoms with Gasteiger partial charge >= 0.3 is 0 Å². The third-order valence-electron chi connectivity index (χ3n) is 3.20. The molecule has 0 aliphatic carbocycles. The van der Waals surface area contributed by atoms with Gasteiger partial charge in [-0.25, -0.2) is 0 Å². The molecule has 0 fully saturated rings. The molecule has 1 heterocycles. The second-order valence-corrected chi connectivity index (χ2v) is 4.96. The maximum absolute atomic E-state index is 12.1. The zero-order valence-corrected chi connectivity index (χ0v) is 11.9. The van der Waals surface area contributed by atoms with Gasteiger partial charge in [0.05, 0.1) is 22.4 Å². The molecule has 0 N–H and O–H groups in total. The molecule has 0 atom stereocenters. The quantitative estimate of drug-likeness (QED) is 0.497. The molecule has 3 rings (SSSR count). The van der Waals surface area contributed by atoms with Gasteiger partial charge in [-0.3, -0.25) is 14.4 Å². The van der Waals surface area contributed by atoms with Crippen molar-refractivity contribution >= 4 is 35.4 Å².